The summed E-state index contributed by atoms with van der Waals surface area (Å²) in [7, 11) is 0. The normalized spacial score (nSPS) is 15.3. The molecule has 1 aliphatic heterocycles. The molecular formula is C16H22ClF3N2O. The average Bonchev–Trinajstić information content (AvgIpc) is 2.99. The number of hydrogen-bond donors (Lipinski definition) is 1. The van der Waals surface area contributed by atoms with Crippen LogP contribution in [-0.2, 0) is 6.18 Å². The van der Waals surface area contributed by atoms with E-state index in [-0.39, 0.29) is 18.0 Å². The van der Waals surface area contributed by atoms with Gasteiger partial charge in [-0.05, 0) is 63.5 Å². The van der Waals surface area contributed by atoms with E-state index in [0.717, 1.165) is 44.6 Å². The van der Waals surface area contributed by atoms with E-state index in [9.17, 15) is 18.0 Å². The maximum absolute atomic E-state index is 12.6. The first-order chi connectivity index (χ1) is 10.5. The van der Waals surface area contributed by atoms with E-state index in [2.05, 4.69) is 10.2 Å². The third kappa shape index (κ3) is 6.39. The summed E-state index contributed by atoms with van der Waals surface area (Å²) in [6.07, 6.45) is -0.0886. The first-order valence-corrected chi connectivity index (χ1v) is 7.64. The zero-order valence-electron chi connectivity index (χ0n) is 12.9. The lowest BCUT2D eigenvalue weighted by Gasteiger charge is -2.14. The van der Waals surface area contributed by atoms with E-state index < -0.39 is 17.6 Å². The summed E-state index contributed by atoms with van der Waals surface area (Å²) in [6, 6.07) is 4.51. The molecule has 0 radical (unpaired) electrons. The number of benzene rings is 1. The molecule has 7 heteroatoms. The van der Waals surface area contributed by atoms with Crippen LogP contribution in [-0.4, -0.2) is 37.0 Å². The van der Waals surface area contributed by atoms with Gasteiger partial charge in [-0.15, -0.1) is 12.4 Å². The number of hydrogen-bond acceptors (Lipinski definition) is 2. The van der Waals surface area contributed by atoms with Gasteiger partial charge in [0.25, 0.3) is 5.91 Å². The third-order valence-corrected chi connectivity index (χ3v) is 3.84. The monoisotopic (exact) mass is 350 g/mol. The minimum Gasteiger partial charge on any atom is -0.352 e. The summed E-state index contributed by atoms with van der Waals surface area (Å²) < 4.78 is 37.8. The Morgan fingerprint density at radius 1 is 1.17 bits per heavy atom. The van der Waals surface area contributed by atoms with E-state index in [1.807, 2.05) is 0 Å². The van der Waals surface area contributed by atoms with Gasteiger partial charge < -0.3 is 10.2 Å². The van der Waals surface area contributed by atoms with Crippen LogP contribution in [0.5, 0.6) is 0 Å². The molecule has 1 aromatic carbocycles. The number of amides is 1. The Morgan fingerprint density at radius 3 is 2.52 bits per heavy atom. The Morgan fingerprint density at radius 2 is 1.87 bits per heavy atom. The maximum Gasteiger partial charge on any atom is 0.416 e. The van der Waals surface area contributed by atoms with Gasteiger partial charge in [0.2, 0.25) is 0 Å². The van der Waals surface area contributed by atoms with Crippen LogP contribution in [0.4, 0.5) is 13.2 Å². The fourth-order valence-corrected chi connectivity index (χ4v) is 2.61. The van der Waals surface area contributed by atoms with Gasteiger partial charge >= 0.3 is 6.18 Å². The highest BCUT2D eigenvalue weighted by Crippen LogP contribution is 2.29. The van der Waals surface area contributed by atoms with Crippen molar-refractivity contribution in [3.8, 4) is 0 Å². The summed E-state index contributed by atoms with van der Waals surface area (Å²) in [6.45, 7) is 3.82. The van der Waals surface area contributed by atoms with Crippen LogP contribution < -0.4 is 5.32 Å². The zero-order chi connectivity index (χ0) is 16.0. The molecule has 0 unspecified atom stereocenters. The van der Waals surface area contributed by atoms with Crippen molar-refractivity contribution in [3.05, 3.63) is 35.4 Å². The molecule has 130 valence electrons. The van der Waals surface area contributed by atoms with Crippen LogP contribution in [0.3, 0.4) is 0 Å². The molecule has 1 heterocycles. The first kappa shape index (κ1) is 19.8. The van der Waals surface area contributed by atoms with Gasteiger partial charge in [-0.25, -0.2) is 0 Å². The molecule has 1 saturated heterocycles. The van der Waals surface area contributed by atoms with Crippen molar-refractivity contribution >= 4 is 18.3 Å². The van der Waals surface area contributed by atoms with Gasteiger partial charge in [0.15, 0.2) is 0 Å². The lowest BCUT2D eigenvalue weighted by atomic mass is 10.1. The third-order valence-electron chi connectivity index (χ3n) is 3.84. The Hall–Kier alpha value is -1.27. The van der Waals surface area contributed by atoms with E-state index in [0.29, 0.717) is 6.54 Å². The second-order valence-electron chi connectivity index (χ2n) is 5.59. The van der Waals surface area contributed by atoms with Crippen molar-refractivity contribution in [1.29, 1.82) is 0 Å². The molecule has 1 aromatic rings. The van der Waals surface area contributed by atoms with Crippen molar-refractivity contribution in [2.75, 3.05) is 26.2 Å². The van der Waals surface area contributed by atoms with Crippen molar-refractivity contribution in [2.45, 2.75) is 31.9 Å². The quantitative estimate of drug-likeness (QED) is 0.793. The topological polar surface area (TPSA) is 32.3 Å². The lowest BCUT2D eigenvalue weighted by molar-refractivity contribution is -0.137. The van der Waals surface area contributed by atoms with Crippen LogP contribution in [0, 0.1) is 0 Å². The lowest BCUT2D eigenvalue weighted by Crippen LogP contribution is -2.26. The van der Waals surface area contributed by atoms with E-state index >= 15 is 0 Å². The number of nitrogens with zero attached hydrogens (tertiary/aromatic N) is 1. The van der Waals surface area contributed by atoms with Crippen LogP contribution in [0.25, 0.3) is 0 Å². The van der Waals surface area contributed by atoms with Crippen molar-refractivity contribution in [2.24, 2.45) is 0 Å². The number of rotatable bonds is 6. The molecule has 1 N–H and O–H groups in total. The fourth-order valence-electron chi connectivity index (χ4n) is 2.61. The predicted molar refractivity (Wildman–Crippen MR) is 85.9 cm³/mol. The molecule has 23 heavy (non-hydrogen) atoms. The SMILES string of the molecule is Cl.O=C(NCCCCN1CCCC1)c1cccc(C(F)(F)F)c1. The standard InChI is InChI=1S/C16H21F3N2O.ClH/c17-16(18,19)14-7-5-6-13(12-14)15(22)20-8-1-2-9-21-10-3-4-11-21;/h5-7,12H,1-4,8-11H2,(H,20,22);1H. The Bertz CT molecular complexity index is 502. The van der Waals surface area contributed by atoms with Crippen molar-refractivity contribution < 1.29 is 18.0 Å². The fraction of sp³-hybridized carbons (Fsp3) is 0.562. The van der Waals surface area contributed by atoms with E-state index in [1.165, 1.54) is 25.0 Å². The average molecular weight is 351 g/mol. The van der Waals surface area contributed by atoms with Gasteiger partial charge in [0, 0.05) is 12.1 Å². The number of nitrogens with one attached hydrogen (secondary N) is 1. The number of carbonyl (C=O) groups is 1. The molecule has 3 nitrogen and oxygen atoms in total. The van der Waals surface area contributed by atoms with Crippen LogP contribution in [0.2, 0.25) is 0 Å². The second kappa shape index (κ2) is 9.13. The highest BCUT2D eigenvalue weighted by Gasteiger charge is 2.30. The largest absolute Gasteiger partial charge is 0.416 e. The molecule has 1 fully saturated rings. The first-order valence-electron chi connectivity index (χ1n) is 7.64. The van der Waals surface area contributed by atoms with Gasteiger partial charge in [-0.1, -0.05) is 6.07 Å². The molecular weight excluding hydrogens is 329 g/mol. The molecule has 0 aliphatic carbocycles. The molecule has 0 saturated carbocycles. The van der Waals surface area contributed by atoms with Crippen molar-refractivity contribution in [3.63, 3.8) is 0 Å². The Labute approximate surface area is 140 Å². The summed E-state index contributed by atoms with van der Waals surface area (Å²) in [5.41, 5.74) is -0.747. The Balaban J connectivity index is 0.00000264. The van der Waals surface area contributed by atoms with E-state index in [4.69, 9.17) is 0 Å². The van der Waals surface area contributed by atoms with Gasteiger partial charge in [-0.2, -0.15) is 13.2 Å². The molecule has 0 bridgehead atoms. The van der Waals surface area contributed by atoms with Crippen molar-refractivity contribution in [1.82, 2.24) is 10.2 Å². The zero-order valence-corrected chi connectivity index (χ0v) is 13.7. The predicted octanol–water partition coefficient (Wildman–Crippen LogP) is 3.73. The molecule has 1 aliphatic rings. The molecule has 2 rings (SSSR count). The summed E-state index contributed by atoms with van der Waals surface area (Å²) >= 11 is 0. The number of likely N-dealkylation sites (tertiary alicyclic amines) is 1. The molecule has 0 atom stereocenters. The highest BCUT2D eigenvalue weighted by molar-refractivity contribution is 5.94. The minimum absolute atomic E-state index is 0. The van der Waals surface area contributed by atoms with Crippen LogP contribution in [0.1, 0.15) is 41.6 Å². The van der Waals surface area contributed by atoms with Gasteiger partial charge in [0.05, 0.1) is 5.56 Å². The summed E-state index contributed by atoms with van der Waals surface area (Å²) in [5.74, 6) is -0.452. The minimum atomic E-state index is -4.42. The van der Waals surface area contributed by atoms with E-state index in [1.54, 1.807) is 0 Å². The number of alkyl halides is 3. The summed E-state index contributed by atoms with van der Waals surface area (Å²) in [4.78, 5) is 14.3. The molecule has 1 amide bonds. The van der Waals surface area contributed by atoms with Crippen LogP contribution in [0.15, 0.2) is 24.3 Å². The van der Waals surface area contributed by atoms with Gasteiger partial charge in [-0.3, -0.25) is 4.79 Å². The molecule has 0 spiro atoms. The highest BCUT2D eigenvalue weighted by atomic mass is 35.5. The number of halogens is 4. The summed E-state index contributed by atoms with van der Waals surface area (Å²) in [5, 5.41) is 2.68. The molecule has 0 aromatic heterocycles. The number of unbranched alkanes of at least 4 members (excludes halogenated alkanes) is 1. The van der Waals surface area contributed by atoms with Crippen LogP contribution >= 0.6 is 12.4 Å². The smallest absolute Gasteiger partial charge is 0.352 e. The van der Waals surface area contributed by atoms with Gasteiger partial charge in [0.1, 0.15) is 0 Å². The Kier molecular flexibility index (Phi) is 7.85. The number of carbonyl (C=O) groups excluding carboxylic acids is 1. The second-order valence-corrected chi connectivity index (χ2v) is 5.59. The maximum atomic E-state index is 12.6.